The van der Waals surface area contributed by atoms with Crippen LogP contribution >= 0.6 is 0 Å². The van der Waals surface area contributed by atoms with Crippen LogP contribution in [0.4, 0.5) is 18.9 Å². The highest BCUT2D eigenvalue weighted by atomic mass is 19.4. The van der Waals surface area contributed by atoms with Crippen LogP contribution in [0.25, 0.3) is 0 Å². The third-order valence-electron chi connectivity index (χ3n) is 2.25. The standard InChI is InChI=1S/C11H15F3N2O/c12-11(13,14)8-16(4-5-17)10-3-1-2-9(6-10)7-15/h1-3,6,17H,4-5,7-8,15H2. The van der Waals surface area contributed by atoms with Gasteiger partial charge >= 0.3 is 6.18 Å². The number of anilines is 1. The normalized spacial score (nSPS) is 11.6. The van der Waals surface area contributed by atoms with E-state index >= 15 is 0 Å². The average Bonchev–Trinajstić information content (AvgIpc) is 2.27. The van der Waals surface area contributed by atoms with Gasteiger partial charge in [-0.05, 0) is 17.7 Å². The molecular weight excluding hydrogens is 233 g/mol. The van der Waals surface area contributed by atoms with Crippen molar-refractivity contribution in [3.8, 4) is 0 Å². The molecule has 0 aliphatic heterocycles. The van der Waals surface area contributed by atoms with Crippen molar-refractivity contribution in [2.24, 2.45) is 5.73 Å². The molecule has 3 nitrogen and oxygen atoms in total. The summed E-state index contributed by atoms with van der Waals surface area (Å²) in [5, 5.41) is 8.79. The van der Waals surface area contributed by atoms with Crippen molar-refractivity contribution in [3.05, 3.63) is 29.8 Å². The topological polar surface area (TPSA) is 49.5 Å². The second-order valence-electron chi connectivity index (χ2n) is 3.63. The highest BCUT2D eigenvalue weighted by Crippen LogP contribution is 2.22. The van der Waals surface area contributed by atoms with Gasteiger partial charge in [-0.15, -0.1) is 0 Å². The number of aliphatic hydroxyl groups is 1. The third-order valence-corrected chi connectivity index (χ3v) is 2.25. The molecule has 0 amide bonds. The zero-order valence-corrected chi connectivity index (χ0v) is 9.24. The molecule has 1 aromatic rings. The lowest BCUT2D eigenvalue weighted by atomic mass is 10.2. The van der Waals surface area contributed by atoms with Gasteiger partial charge < -0.3 is 15.7 Å². The molecule has 0 bridgehead atoms. The van der Waals surface area contributed by atoms with Gasteiger partial charge in [0.05, 0.1) is 6.61 Å². The lowest BCUT2D eigenvalue weighted by molar-refractivity contribution is -0.119. The third kappa shape index (κ3) is 4.62. The number of aliphatic hydroxyl groups excluding tert-OH is 1. The molecule has 0 unspecified atom stereocenters. The molecule has 0 aromatic heterocycles. The predicted molar refractivity (Wildman–Crippen MR) is 59.7 cm³/mol. The molecule has 0 fully saturated rings. The van der Waals surface area contributed by atoms with Crippen LogP contribution in [0.1, 0.15) is 5.56 Å². The number of benzene rings is 1. The van der Waals surface area contributed by atoms with Crippen LogP contribution in [-0.4, -0.2) is 31.0 Å². The van der Waals surface area contributed by atoms with Gasteiger partial charge in [-0.3, -0.25) is 0 Å². The number of hydrogen-bond acceptors (Lipinski definition) is 3. The fourth-order valence-corrected chi connectivity index (χ4v) is 1.52. The van der Waals surface area contributed by atoms with E-state index in [-0.39, 0.29) is 19.7 Å². The van der Waals surface area contributed by atoms with Gasteiger partial charge in [0, 0.05) is 18.8 Å². The van der Waals surface area contributed by atoms with Crippen molar-refractivity contribution in [2.45, 2.75) is 12.7 Å². The maximum Gasteiger partial charge on any atom is 0.405 e. The Morgan fingerprint density at radius 2 is 2.00 bits per heavy atom. The molecule has 3 N–H and O–H groups in total. The summed E-state index contributed by atoms with van der Waals surface area (Å²) in [7, 11) is 0. The molecule has 0 aliphatic carbocycles. The minimum atomic E-state index is -4.30. The Kier molecular flexibility index (Phi) is 4.77. The summed E-state index contributed by atoms with van der Waals surface area (Å²) >= 11 is 0. The van der Waals surface area contributed by atoms with Crippen LogP contribution < -0.4 is 10.6 Å². The number of rotatable bonds is 5. The Morgan fingerprint density at radius 3 is 2.53 bits per heavy atom. The van der Waals surface area contributed by atoms with Gasteiger partial charge in [0.25, 0.3) is 0 Å². The summed E-state index contributed by atoms with van der Waals surface area (Å²) < 4.78 is 37.0. The smallest absolute Gasteiger partial charge is 0.395 e. The minimum Gasteiger partial charge on any atom is -0.395 e. The predicted octanol–water partition coefficient (Wildman–Crippen LogP) is 1.51. The first kappa shape index (κ1) is 13.8. The number of alkyl halides is 3. The monoisotopic (exact) mass is 248 g/mol. The van der Waals surface area contributed by atoms with Gasteiger partial charge in [-0.2, -0.15) is 13.2 Å². The summed E-state index contributed by atoms with van der Waals surface area (Å²) in [6.45, 7) is -1.20. The zero-order chi connectivity index (χ0) is 12.9. The molecule has 0 saturated carbocycles. The van der Waals surface area contributed by atoms with E-state index < -0.39 is 12.7 Å². The molecule has 1 aromatic carbocycles. The second-order valence-corrected chi connectivity index (χ2v) is 3.63. The molecule has 0 saturated heterocycles. The molecule has 1 rings (SSSR count). The molecule has 96 valence electrons. The first-order valence-corrected chi connectivity index (χ1v) is 5.18. The lowest BCUT2D eigenvalue weighted by Crippen LogP contribution is -2.36. The number of hydrogen-bond donors (Lipinski definition) is 2. The Hall–Kier alpha value is -1.27. The van der Waals surface area contributed by atoms with Crippen molar-refractivity contribution in [1.29, 1.82) is 0 Å². The first-order chi connectivity index (χ1) is 7.96. The maximum atomic E-state index is 12.3. The summed E-state index contributed by atoms with van der Waals surface area (Å²) in [5.41, 5.74) is 6.60. The number of halogens is 3. The van der Waals surface area contributed by atoms with E-state index in [1.165, 1.54) is 0 Å². The van der Waals surface area contributed by atoms with Crippen molar-refractivity contribution in [2.75, 3.05) is 24.6 Å². The Labute approximate surface area is 97.6 Å². The second kappa shape index (κ2) is 5.88. The van der Waals surface area contributed by atoms with Gasteiger partial charge in [0.1, 0.15) is 6.54 Å². The molecule has 0 heterocycles. The highest BCUT2D eigenvalue weighted by molar-refractivity contribution is 5.48. The minimum absolute atomic E-state index is 0.0620. The Morgan fingerprint density at radius 1 is 1.29 bits per heavy atom. The van der Waals surface area contributed by atoms with Crippen molar-refractivity contribution >= 4 is 5.69 Å². The van der Waals surface area contributed by atoms with Gasteiger partial charge in [0.15, 0.2) is 0 Å². The summed E-state index contributed by atoms with van der Waals surface area (Å²) in [5.74, 6) is 0. The van der Waals surface area contributed by atoms with Crippen LogP contribution in [0, 0.1) is 0 Å². The zero-order valence-electron chi connectivity index (χ0n) is 9.24. The molecule has 0 radical (unpaired) electrons. The van der Waals surface area contributed by atoms with E-state index in [1.54, 1.807) is 24.3 Å². The molecule has 6 heteroatoms. The molecule has 0 atom stereocenters. The van der Waals surface area contributed by atoms with Crippen molar-refractivity contribution < 1.29 is 18.3 Å². The van der Waals surface area contributed by atoms with Gasteiger partial charge in [-0.1, -0.05) is 12.1 Å². The Balaban J connectivity index is 2.88. The van der Waals surface area contributed by atoms with E-state index in [0.717, 1.165) is 10.5 Å². The number of nitrogens with zero attached hydrogens (tertiary/aromatic N) is 1. The van der Waals surface area contributed by atoms with E-state index in [2.05, 4.69) is 0 Å². The largest absolute Gasteiger partial charge is 0.405 e. The maximum absolute atomic E-state index is 12.3. The Bertz CT molecular complexity index is 355. The van der Waals surface area contributed by atoms with Gasteiger partial charge in [0.2, 0.25) is 0 Å². The van der Waals surface area contributed by atoms with Crippen molar-refractivity contribution in [1.82, 2.24) is 0 Å². The fourth-order valence-electron chi connectivity index (χ4n) is 1.52. The van der Waals surface area contributed by atoms with Crippen LogP contribution in [0.15, 0.2) is 24.3 Å². The molecule has 17 heavy (non-hydrogen) atoms. The van der Waals surface area contributed by atoms with Gasteiger partial charge in [-0.25, -0.2) is 0 Å². The molecule has 0 aliphatic rings. The quantitative estimate of drug-likeness (QED) is 0.830. The first-order valence-electron chi connectivity index (χ1n) is 5.18. The van der Waals surface area contributed by atoms with E-state index in [1.807, 2.05) is 0 Å². The van der Waals surface area contributed by atoms with E-state index in [9.17, 15) is 13.2 Å². The lowest BCUT2D eigenvalue weighted by Gasteiger charge is -2.25. The van der Waals surface area contributed by atoms with E-state index in [4.69, 9.17) is 10.8 Å². The van der Waals surface area contributed by atoms with Crippen LogP contribution in [0.3, 0.4) is 0 Å². The molecular formula is C11H15F3N2O. The molecule has 0 spiro atoms. The van der Waals surface area contributed by atoms with Crippen LogP contribution in [-0.2, 0) is 6.54 Å². The summed E-state index contributed by atoms with van der Waals surface area (Å²) in [6.07, 6.45) is -4.30. The highest BCUT2D eigenvalue weighted by Gasteiger charge is 2.30. The number of nitrogens with two attached hydrogens (primary N) is 1. The SMILES string of the molecule is NCc1cccc(N(CCO)CC(F)(F)F)c1. The summed E-state index contributed by atoms with van der Waals surface area (Å²) in [4.78, 5) is 1.08. The fraction of sp³-hybridized carbons (Fsp3) is 0.455. The summed E-state index contributed by atoms with van der Waals surface area (Å²) in [6, 6.07) is 6.56. The van der Waals surface area contributed by atoms with E-state index in [0.29, 0.717) is 5.69 Å². The van der Waals surface area contributed by atoms with Crippen molar-refractivity contribution in [3.63, 3.8) is 0 Å². The average molecular weight is 248 g/mol. The van der Waals surface area contributed by atoms with Crippen LogP contribution in [0.2, 0.25) is 0 Å². The van der Waals surface area contributed by atoms with Crippen LogP contribution in [0.5, 0.6) is 0 Å².